The Hall–Kier alpha value is -2.04. The topological polar surface area (TPSA) is 52.7 Å². The van der Waals surface area contributed by atoms with E-state index in [4.69, 9.17) is 0 Å². The molecule has 0 spiro atoms. The fourth-order valence-electron chi connectivity index (χ4n) is 2.52. The van der Waals surface area contributed by atoms with Gasteiger partial charge in [-0.3, -0.25) is 4.79 Å². The summed E-state index contributed by atoms with van der Waals surface area (Å²) in [7, 11) is 3.41. The molecule has 1 atom stereocenters. The Kier molecular flexibility index (Phi) is 3.97. The van der Waals surface area contributed by atoms with Gasteiger partial charge in [-0.25, -0.2) is 4.79 Å². The first-order valence-electron chi connectivity index (χ1n) is 6.78. The lowest BCUT2D eigenvalue weighted by Gasteiger charge is -2.33. The van der Waals surface area contributed by atoms with Crippen molar-refractivity contribution in [2.24, 2.45) is 5.92 Å². The van der Waals surface area contributed by atoms with Crippen molar-refractivity contribution in [1.82, 2.24) is 9.80 Å². The third kappa shape index (κ3) is 2.61. The number of anilines is 1. The number of fused-ring (bicyclic) bond motifs is 1. The fraction of sp³-hybridized carbons (Fsp3) is 0.467. The van der Waals surface area contributed by atoms with E-state index in [1.807, 2.05) is 38.1 Å². The molecule has 0 unspecified atom stereocenters. The van der Waals surface area contributed by atoms with Crippen LogP contribution in [-0.2, 0) is 11.3 Å². The summed E-state index contributed by atoms with van der Waals surface area (Å²) in [6.45, 7) is 4.35. The monoisotopic (exact) mass is 275 g/mol. The van der Waals surface area contributed by atoms with Gasteiger partial charge in [0.1, 0.15) is 6.04 Å². The quantitative estimate of drug-likeness (QED) is 0.853. The highest BCUT2D eigenvalue weighted by atomic mass is 16.2. The lowest BCUT2D eigenvalue weighted by Crippen LogP contribution is -2.51. The van der Waals surface area contributed by atoms with Crippen molar-refractivity contribution in [3.63, 3.8) is 0 Å². The average molecular weight is 275 g/mol. The molecule has 0 radical (unpaired) electrons. The summed E-state index contributed by atoms with van der Waals surface area (Å²) in [5.41, 5.74) is 1.75. The summed E-state index contributed by atoms with van der Waals surface area (Å²) in [6.07, 6.45) is 0. The summed E-state index contributed by atoms with van der Waals surface area (Å²) >= 11 is 0. The van der Waals surface area contributed by atoms with Crippen LogP contribution in [0.2, 0.25) is 0 Å². The standard InChI is InChI=1S/C15H21N3O2/c1-10(2)13-14(19)16-12-8-6-5-7-11(12)9-18(13)15(20)17(3)4/h5-8,10,13H,9H2,1-4H3,(H,16,19)/t13-/m0/s1. The van der Waals surface area contributed by atoms with Gasteiger partial charge in [0.2, 0.25) is 5.91 Å². The first-order chi connectivity index (χ1) is 9.41. The summed E-state index contributed by atoms with van der Waals surface area (Å²) in [4.78, 5) is 28.0. The summed E-state index contributed by atoms with van der Waals surface area (Å²) < 4.78 is 0. The molecular formula is C15H21N3O2. The molecule has 1 aromatic rings. The number of urea groups is 1. The molecule has 5 nitrogen and oxygen atoms in total. The highest BCUT2D eigenvalue weighted by molar-refractivity contribution is 5.98. The number of nitrogens with one attached hydrogen (secondary N) is 1. The normalized spacial score (nSPS) is 18.4. The second-order valence-electron chi connectivity index (χ2n) is 5.64. The van der Waals surface area contributed by atoms with Gasteiger partial charge in [-0.05, 0) is 17.5 Å². The minimum atomic E-state index is -0.461. The molecule has 108 valence electrons. The van der Waals surface area contributed by atoms with E-state index in [0.717, 1.165) is 11.3 Å². The highest BCUT2D eigenvalue weighted by Crippen LogP contribution is 2.26. The third-order valence-corrected chi connectivity index (χ3v) is 3.48. The Morgan fingerprint density at radius 2 is 2.00 bits per heavy atom. The van der Waals surface area contributed by atoms with Crippen LogP contribution in [0, 0.1) is 5.92 Å². The number of amides is 3. The SMILES string of the molecule is CC(C)[C@H]1C(=O)Nc2ccccc2CN1C(=O)N(C)C. The van der Waals surface area contributed by atoms with Crippen molar-refractivity contribution in [3.05, 3.63) is 29.8 Å². The van der Waals surface area contributed by atoms with Crippen LogP contribution in [0.1, 0.15) is 19.4 Å². The molecule has 0 aliphatic carbocycles. The summed E-state index contributed by atoms with van der Waals surface area (Å²) in [5, 5.41) is 2.93. The largest absolute Gasteiger partial charge is 0.331 e. The van der Waals surface area contributed by atoms with Crippen molar-refractivity contribution in [1.29, 1.82) is 0 Å². The van der Waals surface area contributed by atoms with E-state index in [9.17, 15) is 9.59 Å². The van der Waals surface area contributed by atoms with Gasteiger partial charge >= 0.3 is 6.03 Å². The van der Waals surface area contributed by atoms with Gasteiger partial charge in [0.05, 0.1) is 6.54 Å². The smallest absolute Gasteiger partial charge is 0.320 e. The van der Waals surface area contributed by atoms with Crippen LogP contribution < -0.4 is 5.32 Å². The van der Waals surface area contributed by atoms with E-state index < -0.39 is 6.04 Å². The highest BCUT2D eigenvalue weighted by Gasteiger charge is 2.36. The molecule has 5 heteroatoms. The molecule has 0 saturated heterocycles. The Balaban J connectivity index is 2.44. The molecule has 1 aliphatic heterocycles. The van der Waals surface area contributed by atoms with E-state index in [-0.39, 0.29) is 17.9 Å². The van der Waals surface area contributed by atoms with Crippen molar-refractivity contribution in [2.75, 3.05) is 19.4 Å². The number of hydrogen-bond donors (Lipinski definition) is 1. The van der Waals surface area contributed by atoms with Gasteiger partial charge in [-0.2, -0.15) is 0 Å². The van der Waals surface area contributed by atoms with Gasteiger partial charge in [0.15, 0.2) is 0 Å². The van der Waals surface area contributed by atoms with Crippen LogP contribution in [0.25, 0.3) is 0 Å². The third-order valence-electron chi connectivity index (χ3n) is 3.48. The van der Waals surface area contributed by atoms with E-state index >= 15 is 0 Å². The van der Waals surface area contributed by atoms with Crippen molar-refractivity contribution in [2.45, 2.75) is 26.4 Å². The second kappa shape index (κ2) is 5.53. The number of benzene rings is 1. The first-order valence-corrected chi connectivity index (χ1v) is 6.78. The molecule has 0 aromatic heterocycles. The Labute approximate surface area is 119 Å². The zero-order valence-electron chi connectivity index (χ0n) is 12.4. The molecule has 1 N–H and O–H groups in total. The van der Waals surface area contributed by atoms with Gasteiger partial charge in [-0.15, -0.1) is 0 Å². The maximum absolute atomic E-state index is 12.4. The lowest BCUT2D eigenvalue weighted by atomic mass is 10.0. The molecule has 3 amide bonds. The van der Waals surface area contributed by atoms with E-state index in [0.29, 0.717) is 6.54 Å². The van der Waals surface area contributed by atoms with Gasteiger partial charge in [0.25, 0.3) is 0 Å². The number of para-hydroxylation sites is 1. The zero-order valence-corrected chi connectivity index (χ0v) is 12.4. The maximum Gasteiger partial charge on any atom is 0.320 e. The van der Waals surface area contributed by atoms with Gasteiger partial charge < -0.3 is 15.1 Å². The first kappa shape index (κ1) is 14.4. The number of nitrogens with zero attached hydrogens (tertiary/aromatic N) is 2. The Morgan fingerprint density at radius 1 is 1.35 bits per heavy atom. The molecule has 1 aliphatic rings. The average Bonchev–Trinajstić information content (AvgIpc) is 2.52. The van der Waals surface area contributed by atoms with Gasteiger partial charge in [-0.1, -0.05) is 32.0 Å². The number of rotatable bonds is 1. The predicted octanol–water partition coefficient (Wildman–Crippen LogP) is 2.15. The van der Waals surface area contributed by atoms with Crippen LogP contribution >= 0.6 is 0 Å². The molecule has 0 bridgehead atoms. The lowest BCUT2D eigenvalue weighted by molar-refractivity contribution is -0.121. The Bertz CT molecular complexity index is 526. The fourth-order valence-corrected chi connectivity index (χ4v) is 2.52. The molecule has 2 rings (SSSR count). The molecule has 1 heterocycles. The number of carbonyl (C=O) groups excluding carboxylic acids is 2. The molecule has 1 aromatic carbocycles. The van der Waals surface area contributed by atoms with Crippen molar-refractivity contribution < 1.29 is 9.59 Å². The van der Waals surface area contributed by atoms with E-state index in [1.165, 1.54) is 4.90 Å². The van der Waals surface area contributed by atoms with Gasteiger partial charge in [0, 0.05) is 19.8 Å². The van der Waals surface area contributed by atoms with Crippen molar-refractivity contribution >= 4 is 17.6 Å². The number of carbonyl (C=O) groups is 2. The van der Waals surface area contributed by atoms with Crippen molar-refractivity contribution in [3.8, 4) is 0 Å². The molecule has 0 fully saturated rings. The molecule has 20 heavy (non-hydrogen) atoms. The summed E-state index contributed by atoms with van der Waals surface area (Å²) in [6, 6.07) is 7.00. The Morgan fingerprint density at radius 3 is 2.60 bits per heavy atom. The zero-order chi connectivity index (χ0) is 14.9. The van der Waals surface area contributed by atoms with Crippen LogP contribution in [0.15, 0.2) is 24.3 Å². The minimum Gasteiger partial charge on any atom is -0.331 e. The van der Waals surface area contributed by atoms with Crippen LogP contribution in [-0.4, -0.2) is 41.9 Å². The van der Waals surface area contributed by atoms with Crippen LogP contribution in [0.4, 0.5) is 10.5 Å². The summed E-state index contributed by atoms with van der Waals surface area (Å²) in [5.74, 6) is -0.0756. The molecular weight excluding hydrogens is 254 g/mol. The number of hydrogen-bond acceptors (Lipinski definition) is 2. The van der Waals surface area contributed by atoms with E-state index in [1.54, 1.807) is 19.0 Å². The second-order valence-corrected chi connectivity index (χ2v) is 5.64. The van der Waals surface area contributed by atoms with Crippen LogP contribution in [0.5, 0.6) is 0 Å². The van der Waals surface area contributed by atoms with E-state index in [2.05, 4.69) is 5.32 Å². The molecule has 0 saturated carbocycles. The predicted molar refractivity (Wildman–Crippen MR) is 78.3 cm³/mol. The minimum absolute atomic E-state index is 0.0493. The maximum atomic E-state index is 12.4. The van der Waals surface area contributed by atoms with Crippen LogP contribution in [0.3, 0.4) is 0 Å².